The van der Waals surface area contributed by atoms with E-state index in [-0.39, 0.29) is 5.91 Å². The number of carbonyl (C=O) groups excluding carboxylic acids is 1. The number of likely N-dealkylation sites (N-methyl/N-ethyl adjacent to an activating group) is 1. The van der Waals surface area contributed by atoms with Crippen LogP contribution in [-0.4, -0.2) is 42.5 Å². The Labute approximate surface area is 121 Å². The van der Waals surface area contributed by atoms with E-state index in [0.29, 0.717) is 31.0 Å². The first-order chi connectivity index (χ1) is 9.50. The second kappa shape index (κ2) is 6.11. The molecular weight excluding hydrogens is 252 g/mol. The highest BCUT2D eigenvalue weighted by Crippen LogP contribution is 2.39. The van der Waals surface area contributed by atoms with Crippen LogP contribution in [0.1, 0.15) is 39.0 Å². The van der Waals surface area contributed by atoms with Crippen molar-refractivity contribution in [3.63, 3.8) is 0 Å². The highest BCUT2D eigenvalue weighted by atomic mass is 16.2. The van der Waals surface area contributed by atoms with Crippen LogP contribution in [0.25, 0.3) is 0 Å². The summed E-state index contributed by atoms with van der Waals surface area (Å²) in [7, 11) is 1.99. The predicted molar refractivity (Wildman–Crippen MR) is 77.7 cm³/mol. The maximum Gasteiger partial charge on any atom is 0.235 e. The molecule has 112 valence electrons. The van der Waals surface area contributed by atoms with E-state index in [0.717, 1.165) is 25.7 Å². The number of carbonyl (C=O) groups is 1. The van der Waals surface area contributed by atoms with Crippen molar-refractivity contribution < 1.29 is 4.79 Å². The maximum atomic E-state index is 12.2. The molecule has 0 aliphatic heterocycles. The van der Waals surface area contributed by atoms with Crippen molar-refractivity contribution in [2.45, 2.75) is 50.6 Å². The number of nitrogens with one attached hydrogen (secondary N) is 1. The van der Waals surface area contributed by atoms with E-state index in [1.807, 2.05) is 14.0 Å². The third kappa shape index (κ3) is 3.31. The zero-order chi connectivity index (χ0) is 14.8. The Bertz CT molecular complexity index is 401. The van der Waals surface area contributed by atoms with E-state index in [9.17, 15) is 10.1 Å². The van der Waals surface area contributed by atoms with Gasteiger partial charge in [-0.15, -0.1) is 0 Å². The molecule has 2 aliphatic carbocycles. The van der Waals surface area contributed by atoms with Gasteiger partial charge in [-0.05, 0) is 58.0 Å². The van der Waals surface area contributed by atoms with Crippen molar-refractivity contribution in [1.29, 1.82) is 5.26 Å². The summed E-state index contributed by atoms with van der Waals surface area (Å²) in [5.41, 5.74) is 5.10. The molecule has 2 saturated carbocycles. The van der Waals surface area contributed by atoms with Gasteiger partial charge in [0.15, 0.2) is 0 Å². The monoisotopic (exact) mass is 278 g/mol. The fourth-order valence-electron chi connectivity index (χ4n) is 3.43. The second-order valence-corrected chi connectivity index (χ2v) is 6.55. The van der Waals surface area contributed by atoms with Gasteiger partial charge in [-0.2, -0.15) is 5.26 Å². The van der Waals surface area contributed by atoms with Gasteiger partial charge in [0, 0.05) is 6.04 Å². The summed E-state index contributed by atoms with van der Waals surface area (Å²) in [4.78, 5) is 14.3. The number of nitrogens with zero attached hydrogens (tertiary/aromatic N) is 2. The topological polar surface area (TPSA) is 82.2 Å². The molecule has 20 heavy (non-hydrogen) atoms. The standard InChI is InChI=1S/C15H26N4O/c1-15(10-17,12-6-7-12)18-14(20)9-19(2)13-5-3-4-11(13)8-16/h11-13H,3-9,16H2,1-2H3,(H,18,20). The van der Waals surface area contributed by atoms with Gasteiger partial charge < -0.3 is 11.1 Å². The lowest BCUT2D eigenvalue weighted by molar-refractivity contribution is -0.124. The van der Waals surface area contributed by atoms with Gasteiger partial charge in [0.25, 0.3) is 0 Å². The largest absolute Gasteiger partial charge is 0.337 e. The number of nitriles is 1. The first kappa shape index (κ1) is 15.3. The molecule has 2 rings (SSSR count). The Kier molecular flexibility index (Phi) is 4.66. The fraction of sp³-hybridized carbons (Fsp3) is 0.867. The molecule has 0 aromatic heterocycles. The van der Waals surface area contributed by atoms with Crippen molar-refractivity contribution in [2.75, 3.05) is 20.1 Å². The number of rotatable bonds is 6. The summed E-state index contributed by atoms with van der Waals surface area (Å²) >= 11 is 0. The maximum absolute atomic E-state index is 12.2. The normalized spacial score (nSPS) is 28.9. The van der Waals surface area contributed by atoms with E-state index >= 15 is 0 Å². The molecule has 3 N–H and O–H groups in total. The highest BCUT2D eigenvalue weighted by molar-refractivity contribution is 5.79. The Morgan fingerprint density at radius 1 is 1.45 bits per heavy atom. The zero-order valence-electron chi connectivity index (χ0n) is 12.6. The number of hydrogen-bond donors (Lipinski definition) is 2. The van der Waals surface area contributed by atoms with E-state index in [1.54, 1.807) is 0 Å². The van der Waals surface area contributed by atoms with Gasteiger partial charge in [-0.3, -0.25) is 9.69 Å². The number of nitrogens with two attached hydrogens (primary N) is 1. The van der Waals surface area contributed by atoms with Crippen LogP contribution in [0.3, 0.4) is 0 Å². The van der Waals surface area contributed by atoms with Crippen LogP contribution in [0.2, 0.25) is 0 Å². The van der Waals surface area contributed by atoms with Crippen molar-refractivity contribution in [1.82, 2.24) is 10.2 Å². The average molecular weight is 278 g/mol. The Balaban J connectivity index is 1.86. The van der Waals surface area contributed by atoms with Gasteiger partial charge >= 0.3 is 0 Å². The summed E-state index contributed by atoms with van der Waals surface area (Å²) in [5.74, 6) is 0.773. The van der Waals surface area contributed by atoms with Gasteiger partial charge in [-0.1, -0.05) is 6.42 Å². The number of hydrogen-bond acceptors (Lipinski definition) is 4. The Morgan fingerprint density at radius 2 is 2.15 bits per heavy atom. The second-order valence-electron chi connectivity index (χ2n) is 6.55. The van der Waals surface area contributed by atoms with Crippen LogP contribution in [-0.2, 0) is 4.79 Å². The summed E-state index contributed by atoms with van der Waals surface area (Å²) in [6, 6.07) is 2.67. The minimum atomic E-state index is -0.694. The summed E-state index contributed by atoms with van der Waals surface area (Å²) < 4.78 is 0. The van der Waals surface area contributed by atoms with Crippen molar-refractivity contribution in [3.8, 4) is 6.07 Å². The lowest BCUT2D eigenvalue weighted by atomic mass is 9.98. The molecule has 3 unspecified atom stereocenters. The molecular formula is C15H26N4O. The van der Waals surface area contributed by atoms with Crippen molar-refractivity contribution in [2.24, 2.45) is 17.6 Å². The molecule has 1 amide bonds. The third-order valence-electron chi connectivity index (χ3n) is 4.91. The van der Waals surface area contributed by atoms with Crippen LogP contribution >= 0.6 is 0 Å². The predicted octanol–water partition coefficient (Wildman–Crippen LogP) is 0.854. The van der Waals surface area contributed by atoms with Crippen LogP contribution in [0, 0.1) is 23.2 Å². The fourth-order valence-corrected chi connectivity index (χ4v) is 3.43. The van der Waals surface area contributed by atoms with Gasteiger partial charge in [0.1, 0.15) is 5.54 Å². The molecule has 3 atom stereocenters. The van der Waals surface area contributed by atoms with Crippen LogP contribution in [0.4, 0.5) is 0 Å². The van der Waals surface area contributed by atoms with E-state index in [4.69, 9.17) is 5.73 Å². The van der Waals surface area contributed by atoms with E-state index in [1.165, 1.54) is 6.42 Å². The summed E-state index contributed by atoms with van der Waals surface area (Å²) in [6.07, 6.45) is 5.54. The zero-order valence-corrected chi connectivity index (χ0v) is 12.6. The quantitative estimate of drug-likeness (QED) is 0.755. The Hall–Kier alpha value is -1.12. The molecule has 0 spiro atoms. The molecule has 0 heterocycles. The van der Waals surface area contributed by atoms with Crippen molar-refractivity contribution >= 4 is 5.91 Å². The van der Waals surface area contributed by atoms with Crippen molar-refractivity contribution in [3.05, 3.63) is 0 Å². The van der Waals surface area contributed by atoms with Gasteiger partial charge in [0.05, 0.1) is 12.6 Å². The third-order valence-corrected chi connectivity index (χ3v) is 4.91. The molecule has 2 fully saturated rings. The lowest BCUT2D eigenvalue weighted by Gasteiger charge is -2.30. The van der Waals surface area contributed by atoms with Gasteiger partial charge in [-0.25, -0.2) is 0 Å². The molecule has 5 nitrogen and oxygen atoms in total. The van der Waals surface area contributed by atoms with Crippen LogP contribution in [0.15, 0.2) is 0 Å². The SMILES string of the molecule is CN(CC(=O)NC(C)(C#N)C1CC1)C1CCCC1CN. The highest BCUT2D eigenvalue weighted by Gasteiger charge is 2.43. The minimum absolute atomic E-state index is 0.0499. The lowest BCUT2D eigenvalue weighted by Crippen LogP contribution is -2.51. The van der Waals surface area contributed by atoms with E-state index in [2.05, 4.69) is 16.3 Å². The first-order valence-electron chi connectivity index (χ1n) is 7.62. The van der Waals surface area contributed by atoms with Crippen LogP contribution < -0.4 is 11.1 Å². The van der Waals surface area contributed by atoms with Gasteiger partial charge in [0.2, 0.25) is 5.91 Å². The van der Waals surface area contributed by atoms with Crippen LogP contribution in [0.5, 0.6) is 0 Å². The first-order valence-corrected chi connectivity index (χ1v) is 7.62. The molecule has 5 heteroatoms. The van der Waals surface area contributed by atoms with E-state index < -0.39 is 5.54 Å². The Morgan fingerprint density at radius 3 is 2.70 bits per heavy atom. The molecule has 0 aromatic carbocycles. The molecule has 0 saturated heterocycles. The molecule has 0 bridgehead atoms. The minimum Gasteiger partial charge on any atom is -0.337 e. The molecule has 2 aliphatic rings. The summed E-state index contributed by atoms with van der Waals surface area (Å²) in [5, 5.41) is 12.2. The number of amides is 1. The summed E-state index contributed by atoms with van der Waals surface area (Å²) in [6.45, 7) is 2.88. The molecule has 0 radical (unpaired) electrons. The molecule has 0 aromatic rings. The smallest absolute Gasteiger partial charge is 0.235 e. The average Bonchev–Trinajstić information content (AvgIpc) is 3.16.